The van der Waals surface area contributed by atoms with Crippen LogP contribution in [0.5, 0.6) is 0 Å². The highest BCUT2D eigenvalue weighted by atomic mass is 35.5. The van der Waals surface area contributed by atoms with Crippen molar-refractivity contribution >= 4 is 24.0 Å². The van der Waals surface area contributed by atoms with E-state index < -0.39 is 0 Å². The third kappa shape index (κ3) is 4.73. The Labute approximate surface area is 149 Å². The van der Waals surface area contributed by atoms with Crippen molar-refractivity contribution in [2.24, 2.45) is 0 Å². The maximum Gasteiger partial charge on any atom is 0.254 e. The van der Waals surface area contributed by atoms with Crippen molar-refractivity contribution < 1.29 is 9.53 Å². The lowest BCUT2D eigenvalue weighted by molar-refractivity contribution is 0.0507. The number of hydrogen-bond donors (Lipinski definition) is 1. The van der Waals surface area contributed by atoms with Crippen LogP contribution in [-0.2, 0) is 11.3 Å². The van der Waals surface area contributed by atoms with Gasteiger partial charge in [-0.2, -0.15) is 0 Å². The van der Waals surface area contributed by atoms with Crippen LogP contribution in [-0.4, -0.2) is 30.1 Å². The molecule has 2 N–H and O–H groups in total. The summed E-state index contributed by atoms with van der Waals surface area (Å²) in [5, 5.41) is 0. The Morgan fingerprint density at radius 2 is 1.96 bits per heavy atom. The maximum absolute atomic E-state index is 12.9. The number of carbonyl (C=O) groups excluding carboxylic acids is 1. The fourth-order valence-corrected chi connectivity index (χ4v) is 2.91. The summed E-state index contributed by atoms with van der Waals surface area (Å²) in [5.41, 5.74) is 8.16. The number of ether oxygens (including phenoxy) is 1. The van der Waals surface area contributed by atoms with E-state index in [4.69, 9.17) is 10.5 Å². The third-order valence-corrected chi connectivity index (χ3v) is 4.09. The Hall–Kier alpha value is -2.04. The first-order valence-corrected chi connectivity index (χ1v) is 8.03. The van der Waals surface area contributed by atoms with Gasteiger partial charge in [-0.15, -0.1) is 12.4 Å². The molecule has 3 rings (SSSR count). The summed E-state index contributed by atoms with van der Waals surface area (Å²) < 4.78 is 5.71. The number of carbonyl (C=O) groups is 1. The molecule has 0 aliphatic carbocycles. The molecule has 1 atom stereocenters. The van der Waals surface area contributed by atoms with Crippen LogP contribution in [0.25, 0.3) is 0 Å². The van der Waals surface area contributed by atoms with E-state index in [0.717, 1.165) is 25.0 Å². The van der Waals surface area contributed by atoms with Gasteiger partial charge in [-0.05, 0) is 36.6 Å². The van der Waals surface area contributed by atoms with E-state index >= 15 is 0 Å². The molecule has 1 aliphatic rings. The Kier molecular flexibility index (Phi) is 6.64. The first-order valence-electron chi connectivity index (χ1n) is 8.03. The molecule has 0 radical (unpaired) electrons. The van der Waals surface area contributed by atoms with Crippen molar-refractivity contribution in [2.75, 3.05) is 18.9 Å². The minimum atomic E-state index is -0.00310. The first kappa shape index (κ1) is 18.3. The lowest BCUT2D eigenvalue weighted by atomic mass is 10.1. The van der Waals surface area contributed by atoms with Gasteiger partial charge in [-0.1, -0.05) is 36.4 Å². The molecule has 0 bridgehead atoms. The lowest BCUT2D eigenvalue weighted by Crippen LogP contribution is -2.37. The summed E-state index contributed by atoms with van der Waals surface area (Å²) in [7, 11) is 0. The van der Waals surface area contributed by atoms with Crippen molar-refractivity contribution in [3.63, 3.8) is 0 Å². The molecule has 4 nitrogen and oxygen atoms in total. The van der Waals surface area contributed by atoms with Gasteiger partial charge in [-0.25, -0.2) is 0 Å². The Bertz CT molecular complexity index is 657. The summed E-state index contributed by atoms with van der Waals surface area (Å²) >= 11 is 0. The second kappa shape index (κ2) is 8.71. The highest BCUT2D eigenvalue weighted by Crippen LogP contribution is 2.18. The van der Waals surface area contributed by atoms with Crippen LogP contribution < -0.4 is 5.73 Å². The Morgan fingerprint density at radius 3 is 2.62 bits per heavy atom. The summed E-state index contributed by atoms with van der Waals surface area (Å²) in [6, 6.07) is 17.2. The number of nitrogens with two attached hydrogens (primary N) is 1. The first-order chi connectivity index (χ1) is 11.2. The molecular weight excluding hydrogens is 324 g/mol. The summed E-state index contributed by atoms with van der Waals surface area (Å²) in [4.78, 5) is 14.8. The van der Waals surface area contributed by atoms with Gasteiger partial charge in [0.25, 0.3) is 5.91 Å². The van der Waals surface area contributed by atoms with Crippen molar-refractivity contribution in [1.29, 1.82) is 0 Å². The molecule has 0 saturated carbocycles. The molecule has 24 heavy (non-hydrogen) atoms. The van der Waals surface area contributed by atoms with E-state index in [1.807, 2.05) is 47.4 Å². The molecule has 5 heteroatoms. The van der Waals surface area contributed by atoms with Gasteiger partial charge in [0.05, 0.1) is 6.10 Å². The van der Waals surface area contributed by atoms with Gasteiger partial charge in [0.15, 0.2) is 0 Å². The molecule has 2 aromatic rings. The number of amides is 1. The molecule has 1 aliphatic heterocycles. The predicted molar refractivity (Wildman–Crippen MR) is 98.3 cm³/mol. The number of anilines is 1. The zero-order valence-corrected chi connectivity index (χ0v) is 14.4. The molecule has 128 valence electrons. The zero-order valence-electron chi connectivity index (χ0n) is 13.6. The summed E-state index contributed by atoms with van der Waals surface area (Å²) in [6.07, 6.45) is 2.20. The van der Waals surface area contributed by atoms with Gasteiger partial charge in [-0.3, -0.25) is 4.79 Å². The smallest absolute Gasteiger partial charge is 0.254 e. The van der Waals surface area contributed by atoms with Gasteiger partial charge >= 0.3 is 0 Å². The van der Waals surface area contributed by atoms with Crippen molar-refractivity contribution in [2.45, 2.75) is 25.5 Å². The van der Waals surface area contributed by atoms with Crippen LogP contribution in [0.1, 0.15) is 28.8 Å². The molecule has 0 spiro atoms. The SMILES string of the molecule is Cl.Nc1cccc(C(=O)N(Cc2ccccc2)CC2CCCO2)c1. The number of benzene rings is 2. The van der Waals surface area contributed by atoms with Gasteiger partial charge < -0.3 is 15.4 Å². The maximum atomic E-state index is 12.9. The summed E-state index contributed by atoms with van der Waals surface area (Å²) in [6.45, 7) is 1.98. The quantitative estimate of drug-likeness (QED) is 0.843. The molecule has 1 amide bonds. The van der Waals surface area contributed by atoms with Crippen LogP contribution in [0, 0.1) is 0 Å². The average molecular weight is 347 g/mol. The van der Waals surface area contributed by atoms with Crippen LogP contribution in [0.3, 0.4) is 0 Å². The molecule has 1 saturated heterocycles. The molecule has 0 aromatic heterocycles. The lowest BCUT2D eigenvalue weighted by Gasteiger charge is -2.26. The minimum absolute atomic E-state index is 0. The average Bonchev–Trinajstić information content (AvgIpc) is 3.08. The van der Waals surface area contributed by atoms with E-state index in [0.29, 0.717) is 24.3 Å². The number of halogens is 1. The molecule has 2 aromatic carbocycles. The second-order valence-corrected chi connectivity index (χ2v) is 5.93. The Balaban J connectivity index is 0.00000208. The minimum Gasteiger partial charge on any atom is -0.399 e. The van der Waals surface area contributed by atoms with Crippen molar-refractivity contribution in [3.8, 4) is 0 Å². The standard InChI is InChI=1S/C19H22N2O2.ClH/c20-17-9-4-8-16(12-17)19(22)21(14-18-10-5-11-23-18)13-15-6-2-1-3-7-15;/h1-4,6-9,12,18H,5,10-11,13-14,20H2;1H. The molecular formula is C19H23ClN2O2. The third-order valence-electron chi connectivity index (χ3n) is 4.09. The van der Waals surface area contributed by atoms with E-state index in [2.05, 4.69) is 0 Å². The number of rotatable bonds is 5. The topological polar surface area (TPSA) is 55.6 Å². The Morgan fingerprint density at radius 1 is 1.17 bits per heavy atom. The number of hydrogen-bond acceptors (Lipinski definition) is 3. The van der Waals surface area contributed by atoms with Crippen LogP contribution in [0.2, 0.25) is 0 Å². The molecule has 1 heterocycles. The van der Waals surface area contributed by atoms with E-state index in [-0.39, 0.29) is 24.4 Å². The largest absolute Gasteiger partial charge is 0.399 e. The fourth-order valence-electron chi connectivity index (χ4n) is 2.91. The number of nitrogen functional groups attached to an aromatic ring is 1. The highest BCUT2D eigenvalue weighted by molar-refractivity contribution is 5.95. The monoisotopic (exact) mass is 346 g/mol. The van der Waals surface area contributed by atoms with Gasteiger partial charge in [0.1, 0.15) is 0 Å². The van der Waals surface area contributed by atoms with Gasteiger partial charge in [0.2, 0.25) is 0 Å². The number of nitrogens with zero attached hydrogens (tertiary/aromatic N) is 1. The molecule has 1 fully saturated rings. The summed E-state index contributed by atoms with van der Waals surface area (Å²) in [5.74, 6) is -0.00310. The van der Waals surface area contributed by atoms with E-state index in [1.54, 1.807) is 12.1 Å². The normalized spacial score (nSPS) is 16.4. The highest BCUT2D eigenvalue weighted by Gasteiger charge is 2.23. The van der Waals surface area contributed by atoms with Crippen LogP contribution in [0.15, 0.2) is 54.6 Å². The fraction of sp³-hybridized carbons (Fsp3) is 0.316. The zero-order chi connectivity index (χ0) is 16.1. The van der Waals surface area contributed by atoms with Crippen LogP contribution in [0.4, 0.5) is 5.69 Å². The molecule has 1 unspecified atom stereocenters. The second-order valence-electron chi connectivity index (χ2n) is 5.93. The predicted octanol–water partition coefficient (Wildman–Crippen LogP) is 3.51. The van der Waals surface area contributed by atoms with Crippen LogP contribution >= 0.6 is 12.4 Å². The van der Waals surface area contributed by atoms with Crippen molar-refractivity contribution in [1.82, 2.24) is 4.90 Å². The van der Waals surface area contributed by atoms with E-state index in [1.165, 1.54) is 0 Å². The van der Waals surface area contributed by atoms with E-state index in [9.17, 15) is 4.79 Å². The van der Waals surface area contributed by atoms with Gasteiger partial charge in [0, 0.05) is 30.9 Å². The van der Waals surface area contributed by atoms with Crippen molar-refractivity contribution in [3.05, 3.63) is 65.7 Å².